The fourth-order valence-corrected chi connectivity index (χ4v) is 2.40. The highest BCUT2D eigenvalue weighted by Gasteiger charge is 2.18. The van der Waals surface area contributed by atoms with Crippen molar-refractivity contribution in [3.8, 4) is 5.75 Å². The summed E-state index contributed by atoms with van der Waals surface area (Å²) < 4.78 is 10.6. The van der Waals surface area contributed by atoms with Crippen LogP contribution in [0.4, 0.5) is 5.69 Å². The van der Waals surface area contributed by atoms with E-state index in [2.05, 4.69) is 5.32 Å². The number of hydrogen-bond donors (Lipinski definition) is 1. The zero-order valence-corrected chi connectivity index (χ0v) is 15.7. The average molecular weight is 396 g/mol. The topological polar surface area (TPSA) is 64.6 Å². The number of amides is 1. The first-order valence-electron chi connectivity index (χ1n) is 8.09. The number of esters is 1. The molecular weight excluding hydrogens is 377 g/mol. The van der Waals surface area contributed by atoms with Crippen LogP contribution in [0.3, 0.4) is 0 Å². The normalized spacial score (nSPS) is 11.5. The van der Waals surface area contributed by atoms with Crippen LogP contribution >= 0.6 is 23.2 Å². The minimum atomic E-state index is -0.951. The van der Waals surface area contributed by atoms with Gasteiger partial charge in [-0.3, -0.25) is 9.59 Å². The molecule has 1 amide bonds. The number of nitrogens with one attached hydrogen (secondary N) is 1. The standard InChI is InChI=1S/C19H19Cl2NO4/c1-13(19(24)22-17-12-14(20)9-10-16(17)21)26-18(23)8-5-11-25-15-6-3-2-4-7-15/h2-4,6-7,9-10,12-13H,5,8,11H2,1H3,(H,22,24)/t13-/m0/s1. The van der Waals surface area contributed by atoms with Crippen LogP contribution in [0.15, 0.2) is 48.5 Å². The van der Waals surface area contributed by atoms with Crippen LogP contribution in [0.25, 0.3) is 0 Å². The summed E-state index contributed by atoms with van der Waals surface area (Å²) in [5, 5.41) is 3.37. The number of halogens is 2. The molecular formula is C19H19Cl2NO4. The molecule has 0 unspecified atom stereocenters. The maximum Gasteiger partial charge on any atom is 0.306 e. The van der Waals surface area contributed by atoms with Gasteiger partial charge in [-0.2, -0.15) is 0 Å². The summed E-state index contributed by atoms with van der Waals surface area (Å²) in [4.78, 5) is 23.9. The molecule has 2 aromatic rings. The van der Waals surface area contributed by atoms with Crippen molar-refractivity contribution in [2.24, 2.45) is 0 Å². The SMILES string of the molecule is C[C@H](OC(=O)CCCOc1ccccc1)C(=O)Nc1cc(Cl)ccc1Cl. The molecule has 1 N–H and O–H groups in total. The minimum absolute atomic E-state index is 0.155. The minimum Gasteiger partial charge on any atom is -0.494 e. The van der Waals surface area contributed by atoms with E-state index >= 15 is 0 Å². The van der Waals surface area contributed by atoms with Gasteiger partial charge in [0.2, 0.25) is 0 Å². The fraction of sp³-hybridized carbons (Fsp3) is 0.263. The second-order valence-corrected chi connectivity index (χ2v) is 6.35. The van der Waals surface area contributed by atoms with Gasteiger partial charge in [0.15, 0.2) is 6.10 Å². The number of carbonyl (C=O) groups excluding carboxylic acids is 2. The third-order valence-corrected chi connectivity index (χ3v) is 3.97. The summed E-state index contributed by atoms with van der Waals surface area (Å²) in [5.41, 5.74) is 0.364. The molecule has 138 valence electrons. The third kappa shape index (κ3) is 6.58. The van der Waals surface area contributed by atoms with Crippen molar-refractivity contribution < 1.29 is 19.1 Å². The maximum absolute atomic E-state index is 12.1. The van der Waals surface area contributed by atoms with E-state index in [0.29, 0.717) is 28.8 Å². The molecule has 0 saturated heterocycles. The molecule has 0 aliphatic rings. The van der Waals surface area contributed by atoms with Crippen LogP contribution in [0.1, 0.15) is 19.8 Å². The lowest BCUT2D eigenvalue weighted by atomic mass is 10.3. The molecule has 0 heterocycles. The Labute approximate surface area is 162 Å². The lowest BCUT2D eigenvalue weighted by molar-refractivity contribution is -0.153. The van der Waals surface area contributed by atoms with E-state index in [1.54, 1.807) is 12.1 Å². The van der Waals surface area contributed by atoms with E-state index < -0.39 is 18.0 Å². The van der Waals surface area contributed by atoms with Gasteiger partial charge >= 0.3 is 5.97 Å². The largest absolute Gasteiger partial charge is 0.494 e. The van der Waals surface area contributed by atoms with Gasteiger partial charge in [-0.05, 0) is 43.7 Å². The lowest BCUT2D eigenvalue weighted by Crippen LogP contribution is -2.30. The van der Waals surface area contributed by atoms with Gasteiger partial charge in [0, 0.05) is 11.4 Å². The van der Waals surface area contributed by atoms with E-state index in [1.807, 2.05) is 30.3 Å². The molecule has 2 aromatic carbocycles. The van der Waals surface area contributed by atoms with Crippen LogP contribution in [-0.2, 0) is 14.3 Å². The van der Waals surface area contributed by atoms with E-state index in [-0.39, 0.29) is 6.42 Å². The van der Waals surface area contributed by atoms with Crippen LogP contribution < -0.4 is 10.1 Å². The molecule has 5 nitrogen and oxygen atoms in total. The van der Waals surface area contributed by atoms with Crippen molar-refractivity contribution in [1.29, 1.82) is 0 Å². The zero-order chi connectivity index (χ0) is 18.9. The summed E-state index contributed by atoms with van der Waals surface area (Å²) in [7, 11) is 0. The lowest BCUT2D eigenvalue weighted by Gasteiger charge is -2.14. The van der Waals surface area contributed by atoms with Gasteiger partial charge in [0.1, 0.15) is 5.75 Å². The maximum atomic E-state index is 12.1. The molecule has 0 radical (unpaired) electrons. The Morgan fingerprint density at radius 2 is 1.85 bits per heavy atom. The molecule has 1 atom stereocenters. The van der Waals surface area contributed by atoms with Crippen molar-refractivity contribution in [1.82, 2.24) is 0 Å². The van der Waals surface area contributed by atoms with Crippen molar-refractivity contribution in [3.63, 3.8) is 0 Å². The van der Waals surface area contributed by atoms with Gasteiger partial charge in [-0.25, -0.2) is 0 Å². The van der Waals surface area contributed by atoms with Crippen molar-refractivity contribution in [2.45, 2.75) is 25.9 Å². The zero-order valence-electron chi connectivity index (χ0n) is 14.2. The molecule has 0 bridgehead atoms. The number of benzene rings is 2. The highest BCUT2D eigenvalue weighted by molar-refractivity contribution is 6.35. The molecule has 0 aliphatic carbocycles. The number of anilines is 1. The number of hydrogen-bond acceptors (Lipinski definition) is 4. The Hall–Kier alpha value is -2.24. The second-order valence-electron chi connectivity index (χ2n) is 5.51. The summed E-state index contributed by atoms with van der Waals surface area (Å²) in [6.07, 6.45) is -0.308. The second kappa shape index (κ2) is 10.0. The Balaban J connectivity index is 1.72. The van der Waals surface area contributed by atoms with Gasteiger partial charge in [0.25, 0.3) is 5.91 Å². The summed E-state index contributed by atoms with van der Waals surface area (Å²) >= 11 is 11.9. The Bertz CT molecular complexity index is 752. The summed E-state index contributed by atoms with van der Waals surface area (Å²) in [6.45, 7) is 1.88. The molecule has 2 rings (SSSR count). The monoisotopic (exact) mass is 395 g/mol. The van der Waals surface area contributed by atoms with Crippen LogP contribution in [0.5, 0.6) is 5.75 Å². The molecule has 0 spiro atoms. The quantitative estimate of drug-likeness (QED) is 0.518. The molecule has 0 fully saturated rings. The molecule has 26 heavy (non-hydrogen) atoms. The van der Waals surface area contributed by atoms with Gasteiger partial charge < -0.3 is 14.8 Å². The smallest absolute Gasteiger partial charge is 0.306 e. The summed E-state index contributed by atoms with van der Waals surface area (Å²) in [6, 6.07) is 14.0. The fourth-order valence-electron chi connectivity index (χ4n) is 2.06. The number of rotatable bonds is 8. The molecule has 0 aromatic heterocycles. The van der Waals surface area contributed by atoms with E-state index in [4.69, 9.17) is 32.7 Å². The van der Waals surface area contributed by atoms with Crippen LogP contribution in [0, 0.1) is 0 Å². The average Bonchev–Trinajstić information content (AvgIpc) is 2.62. The van der Waals surface area contributed by atoms with Crippen molar-refractivity contribution in [2.75, 3.05) is 11.9 Å². The van der Waals surface area contributed by atoms with Gasteiger partial charge in [-0.1, -0.05) is 41.4 Å². The predicted molar refractivity (Wildman–Crippen MR) is 102 cm³/mol. The molecule has 0 saturated carbocycles. The summed E-state index contributed by atoms with van der Waals surface area (Å²) in [5.74, 6) is -0.212. The number of carbonyl (C=O) groups is 2. The van der Waals surface area contributed by atoms with Crippen LogP contribution in [-0.4, -0.2) is 24.6 Å². The van der Waals surface area contributed by atoms with Gasteiger partial charge in [-0.15, -0.1) is 0 Å². The van der Waals surface area contributed by atoms with E-state index in [0.717, 1.165) is 5.75 Å². The Kier molecular flexibility index (Phi) is 7.75. The predicted octanol–water partition coefficient (Wildman–Crippen LogP) is 4.72. The third-order valence-electron chi connectivity index (χ3n) is 3.40. The molecule has 7 heteroatoms. The molecule has 0 aliphatic heterocycles. The van der Waals surface area contributed by atoms with Crippen LogP contribution in [0.2, 0.25) is 10.0 Å². The highest BCUT2D eigenvalue weighted by Crippen LogP contribution is 2.25. The van der Waals surface area contributed by atoms with Gasteiger partial charge in [0.05, 0.1) is 17.3 Å². The first-order valence-corrected chi connectivity index (χ1v) is 8.84. The highest BCUT2D eigenvalue weighted by atomic mass is 35.5. The van der Waals surface area contributed by atoms with Crippen molar-refractivity contribution >= 4 is 40.8 Å². The number of ether oxygens (including phenoxy) is 2. The Morgan fingerprint density at radius 1 is 1.12 bits per heavy atom. The number of para-hydroxylation sites is 1. The van der Waals surface area contributed by atoms with Crippen molar-refractivity contribution in [3.05, 3.63) is 58.6 Å². The van der Waals surface area contributed by atoms with E-state index in [9.17, 15) is 9.59 Å². The first kappa shape index (κ1) is 20.1. The Morgan fingerprint density at radius 3 is 2.58 bits per heavy atom. The van der Waals surface area contributed by atoms with E-state index in [1.165, 1.54) is 13.0 Å². The first-order chi connectivity index (χ1) is 12.5.